The summed E-state index contributed by atoms with van der Waals surface area (Å²) in [7, 11) is 0. The molecule has 0 radical (unpaired) electrons. The summed E-state index contributed by atoms with van der Waals surface area (Å²) < 4.78 is 38.4. The Kier molecular flexibility index (Phi) is 2.30. The van der Waals surface area contributed by atoms with Crippen LogP contribution < -0.4 is 10.2 Å². The van der Waals surface area contributed by atoms with Crippen LogP contribution in [0, 0.1) is 17.5 Å². The number of carbonyl (C=O) groups is 2. The van der Waals surface area contributed by atoms with Crippen molar-refractivity contribution in [3.63, 3.8) is 0 Å². The quantitative estimate of drug-likeness (QED) is 0.581. The van der Waals surface area contributed by atoms with E-state index in [9.17, 15) is 22.8 Å². The number of benzene rings is 1. The molecule has 4 nitrogen and oxygen atoms in total. The molecule has 0 spiro atoms. The Balaban J connectivity index is 2.42. The number of hydrogen-bond acceptors (Lipinski definition) is 2. The highest BCUT2D eigenvalue weighted by molar-refractivity contribution is 6.12. The number of nitrogens with one attached hydrogen (secondary N) is 1. The fourth-order valence-corrected chi connectivity index (χ4v) is 1.35. The molecule has 1 aromatic rings. The van der Waals surface area contributed by atoms with E-state index in [1.165, 1.54) is 0 Å². The van der Waals surface area contributed by atoms with E-state index in [1.807, 2.05) is 5.32 Å². The minimum atomic E-state index is -1.62. The van der Waals surface area contributed by atoms with Crippen molar-refractivity contribution < 1.29 is 22.8 Å². The Hall–Kier alpha value is -2.05. The van der Waals surface area contributed by atoms with Crippen LogP contribution in [0.3, 0.4) is 0 Å². The predicted molar refractivity (Wildman–Crippen MR) is 47.2 cm³/mol. The fourth-order valence-electron chi connectivity index (χ4n) is 1.35. The van der Waals surface area contributed by atoms with Crippen molar-refractivity contribution in [2.24, 2.45) is 0 Å². The molecule has 7 heteroatoms. The molecule has 0 atom stereocenters. The molecule has 0 aliphatic carbocycles. The van der Waals surface area contributed by atoms with Gasteiger partial charge in [-0.05, 0) is 0 Å². The van der Waals surface area contributed by atoms with Crippen molar-refractivity contribution in [2.75, 3.05) is 11.4 Å². The molecular formula is C9H5F3N2O2. The van der Waals surface area contributed by atoms with Gasteiger partial charge in [-0.1, -0.05) is 0 Å². The Bertz CT molecular complexity index is 467. The lowest BCUT2D eigenvalue weighted by Crippen LogP contribution is -2.28. The summed E-state index contributed by atoms with van der Waals surface area (Å²) in [5.74, 6) is -5.03. The first-order valence-corrected chi connectivity index (χ1v) is 4.25. The zero-order valence-corrected chi connectivity index (χ0v) is 7.76. The van der Waals surface area contributed by atoms with E-state index in [2.05, 4.69) is 0 Å². The number of halogens is 3. The van der Waals surface area contributed by atoms with E-state index in [-0.39, 0.29) is 12.2 Å². The molecule has 0 bridgehead atoms. The molecule has 1 heterocycles. The highest BCUT2D eigenvalue weighted by atomic mass is 19.2. The van der Waals surface area contributed by atoms with E-state index in [0.29, 0.717) is 12.1 Å². The summed E-state index contributed by atoms with van der Waals surface area (Å²) in [6.45, 7) is -0.344. The highest BCUT2D eigenvalue weighted by Gasteiger charge is 2.29. The van der Waals surface area contributed by atoms with Crippen molar-refractivity contribution in [1.29, 1.82) is 0 Å². The molecule has 0 saturated carbocycles. The Morgan fingerprint density at radius 3 is 2.12 bits per heavy atom. The molecule has 1 aliphatic rings. The van der Waals surface area contributed by atoms with Crippen molar-refractivity contribution in [3.8, 4) is 0 Å². The van der Waals surface area contributed by atoms with Crippen LogP contribution in [0.4, 0.5) is 23.7 Å². The van der Waals surface area contributed by atoms with Gasteiger partial charge in [0.15, 0.2) is 17.5 Å². The molecule has 3 amide bonds. The third-order valence-electron chi connectivity index (χ3n) is 2.07. The van der Waals surface area contributed by atoms with Crippen LogP contribution >= 0.6 is 0 Å². The summed E-state index contributed by atoms with van der Waals surface area (Å²) >= 11 is 0. The first-order valence-electron chi connectivity index (χ1n) is 4.25. The number of amides is 3. The maximum Gasteiger partial charge on any atom is 0.329 e. The fraction of sp³-hybridized carbons (Fsp3) is 0.111. The summed E-state index contributed by atoms with van der Waals surface area (Å²) in [5.41, 5.74) is -0.209. The van der Waals surface area contributed by atoms with Crippen LogP contribution in [0.15, 0.2) is 12.1 Å². The zero-order chi connectivity index (χ0) is 11.9. The van der Waals surface area contributed by atoms with Crippen molar-refractivity contribution in [3.05, 3.63) is 29.6 Å². The Morgan fingerprint density at radius 1 is 1.12 bits per heavy atom. The van der Waals surface area contributed by atoms with Gasteiger partial charge < -0.3 is 0 Å². The maximum absolute atomic E-state index is 12.9. The molecule has 1 N–H and O–H groups in total. The van der Waals surface area contributed by atoms with Crippen molar-refractivity contribution in [1.82, 2.24) is 5.32 Å². The minimum Gasteiger partial charge on any atom is -0.285 e. The van der Waals surface area contributed by atoms with E-state index in [1.54, 1.807) is 0 Å². The molecular weight excluding hydrogens is 225 g/mol. The Morgan fingerprint density at radius 2 is 1.69 bits per heavy atom. The first-order chi connectivity index (χ1) is 7.49. The van der Waals surface area contributed by atoms with Gasteiger partial charge in [-0.3, -0.25) is 15.0 Å². The monoisotopic (exact) mass is 230 g/mol. The van der Waals surface area contributed by atoms with Gasteiger partial charge in [0, 0.05) is 12.1 Å². The van der Waals surface area contributed by atoms with Gasteiger partial charge in [0.1, 0.15) is 6.54 Å². The van der Waals surface area contributed by atoms with Gasteiger partial charge in [-0.15, -0.1) is 0 Å². The molecule has 1 aromatic carbocycles. The largest absolute Gasteiger partial charge is 0.329 e. The summed E-state index contributed by atoms with van der Waals surface area (Å²) in [4.78, 5) is 22.8. The summed E-state index contributed by atoms with van der Waals surface area (Å²) in [5, 5.41) is 1.93. The molecule has 84 valence electrons. The highest BCUT2D eigenvalue weighted by Crippen LogP contribution is 2.22. The molecule has 16 heavy (non-hydrogen) atoms. The molecule has 1 fully saturated rings. The van der Waals surface area contributed by atoms with E-state index in [4.69, 9.17) is 0 Å². The number of rotatable bonds is 1. The second kappa shape index (κ2) is 3.51. The second-order valence-electron chi connectivity index (χ2n) is 3.16. The van der Waals surface area contributed by atoms with Crippen LogP contribution in [0.1, 0.15) is 0 Å². The number of nitrogens with zero attached hydrogens (tertiary/aromatic N) is 1. The summed E-state index contributed by atoms with van der Waals surface area (Å²) in [6, 6.07) is 0.503. The minimum absolute atomic E-state index is 0.209. The average Bonchev–Trinajstić information content (AvgIpc) is 2.53. The third-order valence-corrected chi connectivity index (χ3v) is 2.07. The average molecular weight is 230 g/mol. The number of urea groups is 1. The SMILES string of the molecule is O=C1CN(c2cc(F)c(F)c(F)c2)C(=O)N1. The number of carbonyl (C=O) groups excluding carboxylic acids is 2. The summed E-state index contributed by atoms with van der Waals surface area (Å²) in [6.07, 6.45) is 0. The molecule has 0 unspecified atom stereocenters. The molecule has 1 saturated heterocycles. The van der Waals surface area contributed by atoms with Gasteiger partial charge in [0.2, 0.25) is 5.91 Å². The van der Waals surface area contributed by atoms with Gasteiger partial charge in [-0.25, -0.2) is 18.0 Å². The standard InChI is InChI=1S/C9H5F3N2O2/c10-5-1-4(2-6(11)8(5)12)14-3-7(15)13-9(14)16/h1-2H,3H2,(H,13,15,16). The van der Waals surface area contributed by atoms with Crippen LogP contribution in [-0.4, -0.2) is 18.5 Å². The van der Waals surface area contributed by atoms with Crippen molar-refractivity contribution in [2.45, 2.75) is 0 Å². The van der Waals surface area contributed by atoms with E-state index >= 15 is 0 Å². The van der Waals surface area contributed by atoms with Crippen LogP contribution in [0.2, 0.25) is 0 Å². The lowest BCUT2D eigenvalue weighted by molar-refractivity contribution is -0.117. The van der Waals surface area contributed by atoms with Gasteiger partial charge in [-0.2, -0.15) is 0 Å². The van der Waals surface area contributed by atoms with E-state index < -0.39 is 29.4 Å². The van der Waals surface area contributed by atoms with Gasteiger partial charge in [0.05, 0.1) is 5.69 Å². The third kappa shape index (κ3) is 1.60. The molecule has 1 aliphatic heterocycles. The van der Waals surface area contributed by atoms with Crippen LogP contribution in [0.5, 0.6) is 0 Å². The Labute approximate surface area is 87.6 Å². The predicted octanol–water partition coefficient (Wildman–Crippen LogP) is 1.16. The lowest BCUT2D eigenvalue weighted by Gasteiger charge is -2.13. The van der Waals surface area contributed by atoms with Crippen molar-refractivity contribution >= 4 is 17.6 Å². The molecule has 0 aromatic heterocycles. The zero-order valence-electron chi connectivity index (χ0n) is 7.76. The van der Waals surface area contributed by atoms with E-state index in [0.717, 1.165) is 4.90 Å². The normalized spacial score (nSPS) is 15.6. The second-order valence-corrected chi connectivity index (χ2v) is 3.16. The van der Waals surface area contributed by atoms with Gasteiger partial charge in [0.25, 0.3) is 0 Å². The number of hydrogen-bond donors (Lipinski definition) is 1. The smallest absolute Gasteiger partial charge is 0.285 e. The number of anilines is 1. The van der Waals surface area contributed by atoms with Gasteiger partial charge >= 0.3 is 6.03 Å². The molecule has 2 rings (SSSR count). The maximum atomic E-state index is 12.9. The first kappa shape index (κ1) is 10.5. The topological polar surface area (TPSA) is 49.4 Å². The number of imide groups is 1. The lowest BCUT2D eigenvalue weighted by atomic mass is 10.2. The van der Waals surface area contributed by atoms with Crippen LogP contribution in [-0.2, 0) is 4.79 Å². The van der Waals surface area contributed by atoms with Crippen LogP contribution in [0.25, 0.3) is 0 Å².